The standard InChI is InChI=1S/C14H19N5S/c1-3-10-9-18(2)5-4-6-19(10)14-11(7-15)13(17)12(8-16)20-14/h10H,3-6,9,17H2,1-2H3. The molecule has 1 atom stereocenters. The van der Waals surface area contributed by atoms with Gasteiger partial charge >= 0.3 is 0 Å². The van der Waals surface area contributed by atoms with Crippen molar-refractivity contribution in [3.05, 3.63) is 10.4 Å². The molecule has 0 aromatic carbocycles. The second-order valence-electron chi connectivity index (χ2n) is 5.12. The molecule has 2 N–H and O–H groups in total. The van der Waals surface area contributed by atoms with E-state index in [1.165, 1.54) is 11.3 Å². The zero-order valence-corrected chi connectivity index (χ0v) is 12.7. The Kier molecular flexibility index (Phi) is 4.49. The predicted molar refractivity (Wildman–Crippen MR) is 81.7 cm³/mol. The van der Waals surface area contributed by atoms with Gasteiger partial charge in [0.25, 0.3) is 0 Å². The number of nitrogens with zero attached hydrogens (tertiary/aromatic N) is 4. The summed E-state index contributed by atoms with van der Waals surface area (Å²) in [5, 5.41) is 19.3. The van der Waals surface area contributed by atoms with Crippen molar-refractivity contribution in [2.45, 2.75) is 25.8 Å². The van der Waals surface area contributed by atoms with Crippen LogP contribution in [0, 0.1) is 22.7 Å². The molecule has 0 spiro atoms. The first kappa shape index (κ1) is 14.6. The fourth-order valence-electron chi connectivity index (χ4n) is 2.68. The molecule has 106 valence electrons. The SMILES string of the molecule is CCC1CN(C)CCCN1c1sc(C#N)c(N)c1C#N. The van der Waals surface area contributed by atoms with Gasteiger partial charge in [0.2, 0.25) is 0 Å². The highest BCUT2D eigenvalue weighted by Crippen LogP contribution is 2.39. The molecular formula is C14H19N5S. The normalized spacial score (nSPS) is 20.2. The van der Waals surface area contributed by atoms with Crippen LogP contribution in [0.3, 0.4) is 0 Å². The van der Waals surface area contributed by atoms with Crippen molar-refractivity contribution in [1.29, 1.82) is 10.5 Å². The van der Waals surface area contributed by atoms with Gasteiger partial charge in [-0.05, 0) is 26.4 Å². The predicted octanol–water partition coefficient (Wildman–Crippen LogP) is 1.99. The Morgan fingerprint density at radius 3 is 2.70 bits per heavy atom. The van der Waals surface area contributed by atoms with Crippen molar-refractivity contribution in [2.75, 3.05) is 37.3 Å². The Hall–Kier alpha value is -1.76. The molecule has 2 heterocycles. The molecule has 0 saturated carbocycles. The molecule has 1 fully saturated rings. The monoisotopic (exact) mass is 289 g/mol. The fraction of sp³-hybridized carbons (Fsp3) is 0.571. The zero-order chi connectivity index (χ0) is 14.7. The summed E-state index contributed by atoms with van der Waals surface area (Å²) in [5.41, 5.74) is 6.72. The van der Waals surface area contributed by atoms with Gasteiger partial charge in [0.15, 0.2) is 0 Å². The number of rotatable bonds is 2. The zero-order valence-electron chi connectivity index (χ0n) is 11.9. The summed E-state index contributed by atoms with van der Waals surface area (Å²) in [4.78, 5) is 5.04. The van der Waals surface area contributed by atoms with Crippen LogP contribution in [0.2, 0.25) is 0 Å². The molecular weight excluding hydrogens is 270 g/mol. The molecule has 5 nitrogen and oxygen atoms in total. The van der Waals surface area contributed by atoms with E-state index in [1.807, 2.05) is 0 Å². The summed E-state index contributed by atoms with van der Waals surface area (Å²) in [6.45, 7) is 5.09. The molecule has 1 aromatic heterocycles. The molecule has 2 rings (SSSR count). The van der Waals surface area contributed by atoms with Crippen molar-refractivity contribution < 1.29 is 0 Å². The summed E-state index contributed by atoms with van der Waals surface area (Å²) < 4.78 is 0. The fourth-order valence-corrected chi connectivity index (χ4v) is 3.75. The Morgan fingerprint density at radius 2 is 2.10 bits per heavy atom. The van der Waals surface area contributed by atoms with Crippen LogP contribution in [0.4, 0.5) is 10.7 Å². The summed E-state index contributed by atoms with van der Waals surface area (Å²) in [6, 6.07) is 4.62. The number of anilines is 2. The Bertz CT molecular complexity index is 565. The minimum absolute atomic E-state index is 0.336. The first-order valence-electron chi connectivity index (χ1n) is 6.80. The van der Waals surface area contributed by atoms with Crippen LogP contribution in [0.5, 0.6) is 0 Å². The number of hydrogen-bond donors (Lipinski definition) is 1. The smallest absolute Gasteiger partial charge is 0.131 e. The molecule has 1 unspecified atom stereocenters. The van der Waals surface area contributed by atoms with Crippen molar-refractivity contribution in [1.82, 2.24) is 4.90 Å². The van der Waals surface area contributed by atoms with Crippen LogP contribution in [0.15, 0.2) is 0 Å². The van der Waals surface area contributed by atoms with Crippen LogP contribution in [-0.2, 0) is 0 Å². The molecule has 0 radical (unpaired) electrons. The highest BCUT2D eigenvalue weighted by atomic mass is 32.1. The van der Waals surface area contributed by atoms with Gasteiger partial charge in [-0.1, -0.05) is 6.92 Å². The van der Waals surface area contributed by atoms with Crippen LogP contribution < -0.4 is 10.6 Å². The minimum Gasteiger partial charge on any atom is -0.396 e. The van der Waals surface area contributed by atoms with E-state index in [2.05, 4.69) is 35.9 Å². The van der Waals surface area contributed by atoms with E-state index in [1.54, 1.807) is 0 Å². The molecule has 0 aliphatic carbocycles. The lowest BCUT2D eigenvalue weighted by Gasteiger charge is -2.31. The van der Waals surface area contributed by atoms with Crippen LogP contribution >= 0.6 is 11.3 Å². The van der Waals surface area contributed by atoms with Gasteiger partial charge in [-0.3, -0.25) is 0 Å². The lowest BCUT2D eigenvalue weighted by molar-refractivity contribution is 0.328. The Morgan fingerprint density at radius 1 is 1.35 bits per heavy atom. The van der Waals surface area contributed by atoms with Crippen LogP contribution in [0.1, 0.15) is 30.2 Å². The number of thiophene rings is 1. The van der Waals surface area contributed by atoms with E-state index >= 15 is 0 Å². The maximum Gasteiger partial charge on any atom is 0.131 e. The van der Waals surface area contributed by atoms with Crippen molar-refractivity contribution >= 4 is 22.0 Å². The number of nitrogens with two attached hydrogens (primary N) is 1. The molecule has 1 aliphatic heterocycles. The topological polar surface area (TPSA) is 80.1 Å². The summed E-state index contributed by atoms with van der Waals surface area (Å²) >= 11 is 1.35. The van der Waals surface area contributed by atoms with Crippen molar-refractivity contribution in [3.8, 4) is 12.1 Å². The quantitative estimate of drug-likeness (QED) is 0.900. The molecule has 20 heavy (non-hydrogen) atoms. The van der Waals surface area contributed by atoms with E-state index in [0.717, 1.165) is 37.5 Å². The molecule has 1 aromatic rings. The number of nitrogen functional groups attached to an aromatic ring is 1. The second-order valence-corrected chi connectivity index (χ2v) is 6.12. The second kappa shape index (κ2) is 6.13. The Balaban J connectivity index is 2.43. The number of nitriles is 2. The van der Waals surface area contributed by atoms with E-state index in [0.29, 0.717) is 22.2 Å². The van der Waals surface area contributed by atoms with Crippen LogP contribution in [0.25, 0.3) is 0 Å². The van der Waals surface area contributed by atoms with E-state index < -0.39 is 0 Å². The lowest BCUT2D eigenvalue weighted by Crippen LogP contribution is -2.39. The lowest BCUT2D eigenvalue weighted by atomic mass is 10.1. The van der Waals surface area contributed by atoms with Gasteiger partial charge in [-0.2, -0.15) is 10.5 Å². The maximum absolute atomic E-state index is 9.35. The summed E-state index contributed by atoms with van der Waals surface area (Å²) in [5.74, 6) is 0. The van der Waals surface area contributed by atoms with Gasteiger partial charge < -0.3 is 15.5 Å². The molecule has 1 aliphatic rings. The average Bonchev–Trinajstić information content (AvgIpc) is 2.64. The van der Waals surface area contributed by atoms with Gasteiger partial charge in [0.05, 0.1) is 5.69 Å². The molecule has 1 saturated heterocycles. The third-order valence-corrected chi connectivity index (χ3v) is 4.92. The largest absolute Gasteiger partial charge is 0.396 e. The molecule has 0 bridgehead atoms. The number of likely N-dealkylation sites (N-methyl/N-ethyl adjacent to an activating group) is 1. The summed E-state index contributed by atoms with van der Waals surface area (Å²) in [7, 11) is 2.13. The van der Waals surface area contributed by atoms with Gasteiger partial charge in [-0.25, -0.2) is 0 Å². The van der Waals surface area contributed by atoms with E-state index in [9.17, 15) is 5.26 Å². The third-order valence-electron chi connectivity index (χ3n) is 3.77. The first-order valence-corrected chi connectivity index (χ1v) is 7.61. The maximum atomic E-state index is 9.35. The minimum atomic E-state index is 0.336. The van der Waals surface area contributed by atoms with E-state index in [4.69, 9.17) is 11.0 Å². The van der Waals surface area contributed by atoms with Gasteiger partial charge in [0.1, 0.15) is 27.6 Å². The van der Waals surface area contributed by atoms with Crippen molar-refractivity contribution in [2.24, 2.45) is 0 Å². The number of hydrogen-bond acceptors (Lipinski definition) is 6. The van der Waals surface area contributed by atoms with Gasteiger partial charge in [0, 0.05) is 19.1 Å². The van der Waals surface area contributed by atoms with E-state index in [-0.39, 0.29) is 0 Å². The van der Waals surface area contributed by atoms with Crippen LogP contribution in [-0.4, -0.2) is 37.6 Å². The average molecular weight is 289 g/mol. The highest BCUT2D eigenvalue weighted by molar-refractivity contribution is 7.17. The molecule has 6 heteroatoms. The van der Waals surface area contributed by atoms with Crippen molar-refractivity contribution in [3.63, 3.8) is 0 Å². The highest BCUT2D eigenvalue weighted by Gasteiger charge is 2.27. The van der Waals surface area contributed by atoms with Gasteiger partial charge in [-0.15, -0.1) is 11.3 Å². The first-order chi connectivity index (χ1) is 9.62. The summed E-state index contributed by atoms with van der Waals surface area (Å²) in [6.07, 6.45) is 2.06. The Labute approximate surface area is 123 Å². The third kappa shape index (κ3) is 2.58. The molecule has 0 amide bonds.